The molecule has 0 radical (unpaired) electrons. The van der Waals surface area contributed by atoms with Gasteiger partial charge in [-0.15, -0.1) is 0 Å². The lowest BCUT2D eigenvalue weighted by Crippen LogP contribution is -2.58. The summed E-state index contributed by atoms with van der Waals surface area (Å²) in [6.45, 7) is 5.16. The van der Waals surface area contributed by atoms with E-state index in [9.17, 15) is 9.59 Å². The second-order valence-corrected chi connectivity index (χ2v) is 8.58. The van der Waals surface area contributed by atoms with Crippen LogP contribution < -0.4 is 26.6 Å². The zero-order valence-corrected chi connectivity index (χ0v) is 18.9. The first-order chi connectivity index (χ1) is 15.4. The predicted octanol–water partition coefficient (Wildman–Crippen LogP) is 3.62. The summed E-state index contributed by atoms with van der Waals surface area (Å²) in [6.07, 6.45) is 1.63. The topological polar surface area (TPSA) is 107 Å². The van der Waals surface area contributed by atoms with Crippen LogP contribution in [-0.4, -0.2) is 36.3 Å². The Hall–Kier alpha value is -3.10. The molecule has 4 rings (SSSR count). The van der Waals surface area contributed by atoms with Crippen molar-refractivity contribution in [1.82, 2.24) is 10.6 Å². The van der Waals surface area contributed by atoms with Crippen molar-refractivity contribution in [1.29, 1.82) is 0 Å². The second kappa shape index (κ2) is 9.18. The van der Waals surface area contributed by atoms with Crippen molar-refractivity contribution in [3.63, 3.8) is 0 Å². The third-order valence-electron chi connectivity index (χ3n) is 5.65. The number of fused-ring (bicyclic) bond motifs is 1. The minimum Gasteiger partial charge on any atom is -0.369 e. The van der Waals surface area contributed by atoms with Gasteiger partial charge in [0.15, 0.2) is 0 Å². The highest BCUT2D eigenvalue weighted by Gasteiger charge is 2.41. The lowest BCUT2D eigenvalue weighted by Gasteiger charge is -2.43. The van der Waals surface area contributed by atoms with Crippen molar-refractivity contribution in [3.8, 4) is 0 Å². The number of carbonyl (C=O) groups excluding carboxylic acids is 2. The van der Waals surface area contributed by atoms with E-state index in [0.717, 1.165) is 37.3 Å². The largest absolute Gasteiger partial charge is 0.369 e. The number of nitrogens with zero attached hydrogens (tertiary/aromatic N) is 1. The van der Waals surface area contributed by atoms with Crippen molar-refractivity contribution in [2.45, 2.75) is 38.8 Å². The first-order valence-corrected chi connectivity index (χ1v) is 11.0. The highest BCUT2D eigenvalue weighted by molar-refractivity contribution is 6.30. The number of aliphatic imine (C=N–C) groups is 1. The quantitative estimate of drug-likeness (QED) is 0.485. The minimum absolute atomic E-state index is 0.172. The molecule has 8 nitrogen and oxygen atoms in total. The maximum Gasteiger partial charge on any atom is 0.221 e. The molecule has 0 atom stereocenters. The number of nitrogens with one attached hydrogen (secondary N) is 5. The molecule has 1 spiro atoms. The third-order valence-corrected chi connectivity index (χ3v) is 5.88. The van der Waals surface area contributed by atoms with E-state index in [1.165, 1.54) is 13.8 Å². The van der Waals surface area contributed by atoms with E-state index < -0.39 is 5.54 Å². The van der Waals surface area contributed by atoms with Gasteiger partial charge in [-0.3, -0.25) is 9.59 Å². The van der Waals surface area contributed by atoms with Crippen molar-refractivity contribution in [2.24, 2.45) is 4.99 Å². The van der Waals surface area contributed by atoms with Crippen LogP contribution in [0.1, 0.15) is 32.3 Å². The molecule has 9 heteroatoms. The highest BCUT2D eigenvalue weighted by Crippen LogP contribution is 2.46. The fourth-order valence-corrected chi connectivity index (χ4v) is 4.41. The van der Waals surface area contributed by atoms with E-state index in [4.69, 9.17) is 16.6 Å². The lowest BCUT2D eigenvalue weighted by atomic mass is 9.84. The maximum absolute atomic E-state index is 11.8. The van der Waals surface area contributed by atoms with Crippen LogP contribution in [0.4, 0.5) is 22.7 Å². The second-order valence-electron chi connectivity index (χ2n) is 8.15. The van der Waals surface area contributed by atoms with Crippen molar-refractivity contribution in [3.05, 3.63) is 47.0 Å². The summed E-state index contributed by atoms with van der Waals surface area (Å²) in [5.74, 6) is 0.442. The molecule has 0 bridgehead atoms. The van der Waals surface area contributed by atoms with Crippen LogP contribution >= 0.6 is 11.6 Å². The zero-order chi connectivity index (χ0) is 22.7. The molecule has 2 heterocycles. The van der Waals surface area contributed by atoms with Gasteiger partial charge in [-0.05, 0) is 55.8 Å². The molecular weight excluding hydrogens is 428 g/mol. The number of amidine groups is 1. The summed E-state index contributed by atoms with van der Waals surface area (Å²) in [6, 6.07) is 11.2. The number of carbonyl (C=O) groups is 2. The minimum atomic E-state index is -0.418. The zero-order valence-electron chi connectivity index (χ0n) is 18.1. The number of hydrogen-bond acceptors (Lipinski definition) is 6. The van der Waals surface area contributed by atoms with Crippen LogP contribution in [-0.2, 0) is 16.1 Å². The third kappa shape index (κ3) is 4.71. The summed E-state index contributed by atoms with van der Waals surface area (Å²) >= 11 is 6.15. The number of halogens is 1. The summed E-state index contributed by atoms with van der Waals surface area (Å²) in [4.78, 5) is 28.6. The number of amides is 2. The number of rotatable bonds is 4. The fourth-order valence-electron chi connectivity index (χ4n) is 4.19. The monoisotopic (exact) mass is 454 g/mol. The first-order valence-electron chi connectivity index (χ1n) is 10.6. The van der Waals surface area contributed by atoms with Gasteiger partial charge in [0.1, 0.15) is 11.5 Å². The van der Waals surface area contributed by atoms with Gasteiger partial charge in [-0.1, -0.05) is 23.7 Å². The molecule has 1 saturated heterocycles. The van der Waals surface area contributed by atoms with E-state index in [1.807, 2.05) is 24.3 Å². The van der Waals surface area contributed by atoms with Gasteiger partial charge in [0.05, 0.1) is 22.6 Å². The predicted molar refractivity (Wildman–Crippen MR) is 129 cm³/mol. The van der Waals surface area contributed by atoms with Crippen molar-refractivity contribution < 1.29 is 9.59 Å². The number of hydrogen-bond donors (Lipinski definition) is 5. The average molecular weight is 455 g/mol. The Balaban J connectivity index is 1.77. The maximum atomic E-state index is 11.8. The fraction of sp³-hybridized carbons (Fsp3) is 0.348. The van der Waals surface area contributed by atoms with Gasteiger partial charge in [0, 0.05) is 25.4 Å². The van der Waals surface area contributed by atoms with Crippen LogP contribution in [0, 0.1) is 0 Å². The summed E-state index contributed by atoms with van der Waals surface area (Å²) in [5, 5.41) is 17.0. The summed E-state index contributed by atoms with van der Waals surface area (Å²) in [5.41, 5.74) is 3.14. The van der Waals surface area contributed by atoms with E-state index in [0.29, 0.717) is 34.3 Å². The molecular formula is C23H27ClN6O2. The molecule has 2 amide bonds. The standard InChI is InChI=1S/C23H27ClN6O2/c1-14(31)27-18-6-7-19(28-15(2)32)21-20(18)29-22(23(30-21)8-10-25-11-9-23)26-13-16-4-3-5-17(24)12-16/h3-7,12,25,30H,8-11,13H2,1-2H3,(H,26,29)(H,27,31)(H,28,32). The molecule has 0 saturated carbocycles. The Morgan fingerprint density at radius 3 is 2.44 bits per heavy atom. The molecule has 0 aliphatic carbocycles. The van der Waals surface area contributed by atoms with Gasteiger partial charge in [0.25, 0.3) is 0 Å². The van der Waals surface area contributed by atoms with Crippen LogP contribution in [0.15, 0.2) is 41.4 Å². The van der Waals surface area contributed by atoms with Gasteiger partial charge in [0.2, 0.25) is 11.8 Å². The van der Waals surface area contributed by atoms with Crippen molar-refractivity contribution in [2.75, 3.05) is 29.0 Å². The average Bonchev–Trinajstić information content (AvgIpc) is 2.74. The lowest BCUT2D eigenvalue weighted by molar-refractivity contribution is -0.115. The van der Waals surface area contributed by atoms with Crippen molar-refractivity contribution >= 4 is 52.0 Å². The molecule has 2 aromatic rings. The molecule has 2 aliphatic rings. The molecule has 2 aromatic carbocycles. The highest BCUT2D eigenvalue weighted by atomic mass is 35.5. The molecule has 5 N–H and O–H groups in total. The van der Waals surface area contributed by atoms with Crippen LogP contribution in [0.3, 0.4) is 0 Å². The van der Waals surface area contributed by atoms with E-state index in [-0.39, 0.29) is 11.8 Å². The molecule has 0 aromatic heterocycles. The Morgan fingerprint density at radius 1 is 1.06 bits per heavy atom. The van der Waals surface area contributed by atoms with Gasteiger partial charge in [-0.25, -0.2) is 4.99 Å². The van der Waals surface area contributed by atoms with Crippen LogP contribution in [0.5, 0.6) is 0 Å². The molecule has 2 aliphatic heterocycles. The van der Waals surface area contributed by atoms with E-state index in [2.05, 4.69) is 26.6 Å². The van der Waals surface area contributed by atoms with Gasteiger partial charge >= 0.3 is 0 Å². The normalized spacial score (nSPS) is 16.4. The van der Waals surface area contributed by atoms with E-state index >= 15 is 0 Å². The molecule has 0 unspecified atom stereocenters. The number of benzene rings is 2. The molecule has 168 valence electrons. The first kappa shape index (κ1) is 22.1. The Kier molecular flexibility index (Phi) is 6.34. The van der Waals surface area contributed by atoms with Gasteiger partial charge < -0.3 is 26.6 Å². The Morgan fingerprint density at radius 2 is 1.75 bits per heavy atom. The number of piperidine rings is 1. The smallest absolute Gasteiger partial charge is 0.221 e. The van der Waals surface area contributed by atoms with E-state index in [1.54, 1.807) is 12.1 Å². The molecule has 32 heavy (non-hydrogen) atoms. The summed E-state index contributed by atoms with van der Waals surface area (Å²) in [7, 11) is 0. The number of anilines is 3. The van der Waals surface area contributed by atoms with Crippen LogP contribution in [0.2, 0.25) is 5.02 Å². The van der Waals surface area contributed by atoms with Gasteiger partial charge in [-0.2, -0.15) is 0 Å². The Labute approximate surface area is 192 Å². The summed E-state index contributed by atoms with van der Waals surface area (Å²) < 4.78 is 0. The SMILES string of the molecule is CC(=O)Nc1ccc(NC(C)=O)c2c1N=C(NCc1cccc(Cl)c1)C1(CCNCC1)N2. The molecule has 1 fully saturated rings. The van der Waals surface area contributed by atoms with Crippen LogP contribution in [0.25, 0.3) is 0 Å². The Bertz CT molecular complexity index is 1080.